The van der Waals surface area contributed by atoms with Gasteiger partial charge >= 0.3 is 12.1 Å². The highest BCUT2D eigenvalue weighted by Gasteiger charge is 2.28. The van der Waals surface area contributed by atoms with Crippen molar-refractivity contribution in [2.24, 2.45) is 0 Å². The van der Waals surface area contributed by atoms with Crippen molar-refractivity contribution in [3.8, 4) is 5.75 Å². The van der Waals surface area contributed by atoms with Crippen LogP contribution in [-0.4, -0.2) is 35.8 Å². The number of hydrogen-bond acceptors (Lipinski definition) is 3. The van der Waals surface area contributed by atoms with Crippen molar-refractivity contribution in [1.82, 2.24) is 5.32 Å². The van der Waals surface area contributed by atoms with Crippen molar-refractivity contribution < 1.29 is 32.6 Å². The van der Waals surface area contributed by atoms with Gasteiger partial charge < -0.3 is 15.2 Å². The van der Waals surface area contributed by atoms with Gasteiger partial charge in [-0.25, -0.2) is 0 Å². The average Bonchev–Trinajstić information content (AvgIpc) is 2.35. The molecule has 0 heterocycles. The summed E-state index contributed by atoms with van der Waals surface area (Å²) in [7, 11) is 0. The number of ether oxygens (including phenoxy) is 1. The summed E-state index contributed by atoms with van der Waals surface area (Å²) in [6, 6.07) is 4.59. The minimum Gasteiger partial charge on any atom is -0.484 e. The number of rotatable bonds is 6. The number of nitrogens with one attached hydrogen (secondary N) is 1. The van der Waals surface area contributed by atoms with Crippen LogP contribution in [-0.2, 0) is 16.0 Å². The summed E-state index contributed by atoms with van der Waals surface area (Å²) in [6.45, 7) is -0.109. The van der Waals surface area contributed by atoms with Crippen LogP contribution in [0.2, 0.25) is 0 Å². The molecule has 8 heteroatoms. The summed E-state index contributed by atoms with van der Waals surface area (Å²) in [5, 5.41) is 10.9. The molecule has 0 saturated heterocycles. The van der Waals surface area contributed by atoms with Gasteiger partial charge in [0.25, 0.3) is 0 Å². The maximum Gasteiger partial charge on any atom is 0.422 e. The highest BCUT2D eigenvalue weighted by atomic mass is 19.4. The zero-order valence-corrected chi connectivity index (χ0v) is 11.1. The topological polar surface area (TPSA) is 75.6 Å². The van der Waals surface area contributed by atoms with Gasteiger partial charge in [0.1, 0.15) is 11.8 Å². The molecule has 1 amide bonds. The van der Waals surface area contributed by atoms with Crippen molar-refractivity contribution >= 4 is 11.9 Å². The van der Waals surface area contributed by atoms with E-state index in [1.165, 1.54) is 31.2 Å². The third-order valence-electron chi connectivity index (χ3n) is 2.41. The monoisotopic (exact) mass is 305 g/mol. The standard InChI is InChI=1S/C13H14F3NO4/c1-8(12(19)20)17-11(18)6-9-3-2-4-10(5-9)21-7-13(14,15)16/h2-5,8H,6-7H2,1H3,(H,17,18)(H,19,20)/t8-/m1/s1. The maximum absolute atomic E-state index is 12.0. The lowest BCUT2D eigenvalue weighted by molar-refractivity contribution is -0.153. The fourth-order valence-electron chi connectivity index (χ4n) is 1.45. The highest BCUT2D eigenvalue weighted by Crippen LogP contribution is 2.19. The molecule has 0 unspecified atom stereocenters. The summed E-state index contributed by atoms with van der Waals surface area (Å²) in [4.78, 5) is 22.1. The van der Waals surface area contributed by atoms with Gasteiger partial charge in [0.15, 0.2) is 6.61 Å². The molecular weight excluding hydrogens is 291 g/mol. The van der Waals surface area contributed by atoms with E-state index in [4.69, 9.17) is 5.11 Å². The van der Waals surface area contributed by atoms with Crippen LogP contribution in [0.25, 0.3) is 0 Å². The molecule has 0 spiro atoms. The van der Waals surface area contributed by atoms with Gasteiger partial charge in [-0.2, -0.15) is 13.2 Å². The Bertz CT molecular complexity index is 516. The van der Waals surface area contributed by atoms with Gasteiger partial charge in [-0.3, -0.25) is 9.59 Å². The molecule has 1 aromatic carbocycles. The summed E-state index contributed by atoms with van der Waals surface area (Å²) in [5.41, 5.74) is 0.421. The number of carboxylic acids is 1. The Morgan fingerprint density at radius 1 is 1.38 bits per heavy atom. The third kappa shape index (κ3) is 6.64. The summed E-state index contributed by atoms with van der Waals surface area (Å²) in [6.07, 6.45) is -4.59. The second kappa shape index (κ2) is 6.96. The molecule has 0 aliphatic carbocycles. The normalized spacial score (nSPS) is 12.6. The number of hydrogen-bond donors (Lipinski definition) is 2. The van der Waals surface area contributed by atoms with Crippen molar-refractivity contribution in [2.45, 2.75) is 25.6 Å². The van der Waals surface area contributed by atoms with Crippen LogP contribution < -0.4 is 10.1 Å². The number of benzene rings is 1. The first kappa shape index (κ1) is 16.8. The Labute approximate surface area is 118 Å². The Kier molecular flexibility index (Phi) is 5.57. The van der Waals surface area contributed by atoms with Crippen LogP contribution in [0.5, 0.6) is 5.75 Å². The number of halogens is 3. The van der Waals surface area contributed by atoms with E-state index in [1.807, 2.05) is 0 Å². The molecule has 21 heavy (non-hydrogen) atoms. The molecule has 0 fully saturated rings. The van der Waals surface area contributed by atoms with Gasteiger partial charge in [-0.05, 0) is 24.6 Å². The smallest absolute Gasteiger partial charge is 0.422 e. The Morgan fingerprint density at radius 3 is 2.62 bits per heavy atom. The van der Waals surface area contributed by atoms with E-state index in [1.54, 1.807) is 0 Å². The first-order valence-electron chi connectivity index (χ1n) is 5.98. The predicted molar refractivity (Wildman–Crippen MR) is 66.9 cm³/mol. The van der Waals surface area contributed by atoms with Crippen molar-refractivity contribution in [1.29, 1.82) is 0 Å². The Hall–Kier alpha value is -2.25. The molecule has 5 nitrogen and oxygen atoms in total. The SMILES string of the molecule is C[C@@H](NC(=O)Cc1cccc(OCC(F)(F)F)c1)C(=O)O. The molecule has 1 atom stereocenters. The number of carbonyl (C=O) groups is 2. The van der Waals surface area contributed by atoms with Gasteiger partial charge in [0.05, 0.1) is 6.42 Å². The molecular formula is C13H14F3NO4. The van der Waals surface area contributed by atoms with E-state index in [9.17, 15) is 22.8 Å². The van der Waals surface area contributed by atoms with Crippen LogP contribution >= 0.6 is 0 Å². The van der Waals surface area contributed by atoms with E-state index in [-0.39, 0.29) is 12.2 Å². The van der Waals surface area contributed by atoms with Crippen LogP contribution in [0.15, 0.2) is 24.3 Å². The summed E-state index contributed by atoms with van der Waals surface area (Å²) in [5.74, 6) is -1.73. The Morgan fingerprint density at radius 2 is 2.05 bits per heavy atom. The molecule has 1 aromatic rings. The van der Waals surface area contributed by atoms with Crippen LogP contribution in [0, 0.1) is 0 Å². The van der Waals surface area contributed by atoms with Crippen molar-refractivity contribution in [2.75, 3.05) is 6.61 Å². The molecule has 1 rings (SSSR count). The van der Waals surface area contributed by atoms with E-state index in [0.29, 0.717) is 5.56 Å². The number of carboxylic acid groups (broad SMARTS) is 1. The lowest BCUT2D eigenvalue weighted by Gasteiger charge is -2.11. The second-order valence-electron chi connectivity index (χ2n) is 4.36. The molecule has 0 aliphatic rings. The molecule has 0 aromatic heterocycles. The zero-order valence-electron chi connectivity index (χ0n) is 11.1. The minimum absolute atomic E-state index is 0.0103. The molecule has 0 radical (unpaired) electrons. The number of amides is 1. The highest BCUT2D eigenvalue weighted by molar-refractivity contribution is 5.84. The minimum atomic E-state index is -4.44. The quantitative estimate of drug-likeness (QED) is 0.839. The van der Waals surface area contributed by atoms with Crippen LogP contribution in [0.1, 0.15) is 12.5 Å². The average molecular weight is 305 g/mol. The first-order chi connectivity index (χ1) is 9.67. The fourth-order valence-corrected chi connectivity index (χ4v) is 1.45. The van der Waals surface area contributed by atoms with Crippen molar-refractivity contribution in [3.63, 3.8) is 0 Å². The lowest BCUT2D eigenvalue weighted by Crippen LogP contribution is -2.39. The summed E-state index contributed by atoms with van der Waals surface area (Å²) >= 11 is 0. The third-order valence-corrected chi connectivity index (χ3v) is 2.41. The van der Waals surface area contributed by atoms with E-state index < -0.39 is 30.7 Å². The van der Waals surface area contributed by atoms with Crippen molar-refractivity contribution in [3.05, 3.63) is 29.8 Å². The first-order valence-corrected chi connectivity index (χ1v) is 5.98. The predicted octanol–water partition coefficient (Wildman–Crippen LogP) is 1.76. The van der Waals surface area contributed by atoms with Gasteiger partial charge in [0, 0.05) is 0 Å². The van der Waals surface area contributed by atoms with E-state index in [2.05, 4.69) is 10.1 Å². The zero-order chi connectivity index (χ0) is 16.0. The van der Waals surface area contributed by atoms with E-state index >= 15 is 0 Å². The Balaban J connectivity index is 2.60. The van der Waals surface area contributed by atoms with Gasteiger partial charge in [-0.1, -0.05) is 12.1 Å². The maximum atomic E-state index is 12.0. The summed E-state index contributed by atoms with van der Waals surface area (Å²) < 4.78 is 40.6. The fraction of sp³-hybridized carbons (Fsp3) is 0.385. The molecule has 0 aliphatic heterocycles. The molecule has 116 valence electrons. The van der Waals surface area contributed by atoms with Gasteiger partial charge in [-0.15, -0.1) is 0 Å². The van der Waals surface area contributed by atoms with Crippen LogP contribution in [0.4, 0.5) is 13.2 Å². The number of alkyl halides is 3. The molecule has 0 saturated carbocycles. The number of aliphatic carboxylic acids is 1. The molecule has 2 N–H and O–H groups in total. The van der Waals surface area contributed by atoms with E-state index in [0.717, 1.165) is 0 Å². The number of carbonyl (C=O) groups excluding carboxylic acids is 1. The van der Waals surface area contributed by atoms with Crippen LogP contribution in [0.3, 0.4) is 0 Å². The second-order valence-corrected chi connectivity index (χ2v) is 4.36. The van der Waals surface area contributed by atoms with Gasteiger partial charge in [0.2, 0.25) is 5.91 Å². The lowest BCUT2D eigenvalue weighted by atomic mass is 10.1. The molecule has 0 bridgehead atoms. The largest absolute Gasteiger partial charge is 0.484 e.